The van der Waals surface area contributed by atoms with E-state index in [4.69, 9.17) is 16.8 Å². The third-order valence-electron chi connectivity index (χ3n) is 10.4. The lowest BCUT2D eigenvalue weighted by Gasteiger charge is -2.18. The van der Waals surface area contributed by atoms with Gasteiger partial charge in [-0.1, -0.05) is 157 Å². The van der Waals surface area contributed by atoms with Gasteiger partial charge < -0.3 is 4.42 Å². The first-order valence-corrected chi connectivity index (χ1v) is 17.6. The molecule has 1 heterocycles. The van der Waals surface area contributed by atoms with Crippen molar-refractivity contribution >= 4 is 65.0 Å². The maximum atomic E-state index is 9.28. The number of hydrogen-bond donors (Lipinski definition) is 0. The molecule has 11 aromatic rings. The van der Waals surface area contributed by atoms with Crippen LogP contribution in [0.15, 0.2) is 198 Å². The van der Waals surface area contributed by atoms with E-state index in [-0.39, 0.29) is 38.2 Å². The molecular weight excluding hydrogens is 653 g/mol. The molecule has 0 spiro atoms. The molecule has 0 fully saturated rings. The van der Waals surface area contributed by atoms with Crippen LogP contribution in [0.1, 0.15) is 28.9 Å². The van der Waals surface area contributed by atoms with Crippen molar-refractivity contribution in [3.8, 4) is 33.4 Å². The summed E-state index contributed by atoms with van der Waals surface area (Å²) in [5.74, 6) is 0. The average Bonchev–Trinajstić information content (AvgIpc) is 3.72. The van der Waals surface area contributed by atoms with Crippen LogP contribution in [0.3, 0.4) is 0 Å². The molecule has 0 radical (unpaired) electrons. The Hall–Kier alpha value is -6.96. The highest BCUT2D eigenvalue weighted by molar-refractivity contribution is 6.16. The van der Waals surface area contributed by atoms with Crippen LogP contribution in [0.5, 0.6) is 0 Å². The smallest absolute Gasteiger partial charge is 0.136 e. The predicted octanol–water partition coefficient (Wildman–Crippen LogP) is 14.8. The Bertz CT molecular complexity index is 3890. The van der Waals surface area contributed by atoms with Crippen molar-refractivity contribution in [2.75, 3.05) is 0 Å². The zero-order valence-corrected chi connectivity index (χ0v) is 28.6. The van der Waals surface area contributed by atoms with E-state index in [1.807, 2.05) is 54.6 Å². The molecule has 0 N–H and O–H groups in total. The molecule has 10 aromatic carbocycles. The van der Waals surface area contributed by atoms with Crippen LogP contribution in [0.25, 0.3) is 98.4 Å². The average molecular weight is 700 g/mol. The van der Waals surface area contributed by atoms with Crippen molar-refractivity contribution in [3.63, 3.8) is 0 Å². The van der Waals surface area contributed by atoms with Gasteiger partial charge in [0.2, 0.25) is 0 Å². The number of rotatable bonds is 5. The third kappa shape index (κ3) is 5.01. The summed E-state index contributed by atoms with van der Waals surface area (Å²) in [6.45, 7) is 0. The lowest BCUT2D eigenvalue weighted by molar-refractivity contribution is 0.669. The molecule has 0 aliphatic carbocycles. The van der Waals surface area contributed by atoms with E-state index < -0.39 is 85.0 Å². The van der Waals surface area contributed by atoms with E-state index in [0.717, 1.165) is 55.0 Å². The van der Waals surface area contributed by atoms with Gasteiger partial charge in [-0.2, -0.15) is 0 Å². The summed E-state index contributed by atoms with van der Waals surface area (Å²) >= 11 is 0. The zero-order chi connectivity index (χ0) is 46.9. The van der Waals surface area contributed by atoms with Gasteiger partial charge in [-0.3, -0.25) is 0 Å². The van der Waals surface area contributed by atoms with Crippen molar-refractivity contribution < 1.29 is 22.2 Å². The molecule has 0 aliphatic rings. The van der Waals surface area contributed by atoms with Crippen LogP contribution in [0.2, 0.25) is 0 Å². The minimum Gasteiger partial charge on any atom is -0.456 e. The molecule has 54 heavy (non-hydrogen) atoms. The molecule has 0 bridgehead atoms. The van der Waals surface area contributed by atoms with Crippen molar-refractivity contribution in [2.45, 2.75) is 6.42 Å². The van der Waals surface area contributed by atoms with Crippen molar-refractivity contribution in [1.82, 2.24) is 0 Å². The Labute approximate surface area is 331 Å². The maximum absolute atomic E-state index is 9.28. The van der Waals surface area contributed by atoms with Gasteiger partial charge in [0.15, 0.2) is 0 Å². The Kier molecular flexibility index (Phi) is 4.64. The van der Waals surface area contributed by atoms with E-state index in [1.54, 1.807) is 6.07 Å². The normalized spacial score (nSPS) is 15.1. The van der Waals surface area contributed by atoms with Gasteiger partial charge in [0.1, 0.15) is 11.2 Å². The van der Waals surface area contributed by atoms with Crippen LogP contribution in [0, 0.1) is 0 Å². The van der Waals surface area contributed by atoms with E-state index in [1.165, 1.54) is 10.8 Å². The molecule has 1 aromatic heterocycles. The van der Waals surface area contributed by atoms with E-state index >= 15 is 0 Å². The standard InChI is InChI=1S/C53H34O/c1-2-11-34(12-3-1)29-49-44-16-6-8-18-47(44)53(48-19-9-7-17-45(48)49)41-24-23-36-30-37(21-22-38(36)31-41)39-25-27-46-50-32-40(26-28-51(50)54-52(46)33-39)43-20-10-14-35-13-4-5-15-42(35)43/h1-28,30-33H,29H2/i1D,2D,3D,6D,7D,8D,9D,11D,12D,16D,17D,18D,19D. The molecule has 11 rings (SSSR count). The molecule has 0 saturated heterocycles. The Morgan fingerprint density at radius 3 is 1.81 bits per heavy atom. The van der Waals surface area contributed by atoms with Crippen molar-refractivity contribution in [2.24, 2.45) is 0 Å². The second kappa shape index (κ2) is 12.3. The summed E-state index contributed by atoms with van der Waals surface area (Å²) in [5.41, 5.74) is 5.96. The summed E-state index contributed by atoms with van der Waals surface area (Å²) in [6.07, 6.45) is -0.486. The Balaban J connectivity index is 1.07. The molecule has 1 heteroatoms. The van der Waals surface area contributed by atoms with Crippen molar-refractivity contribution in [3.05, 3.63) is 205 Å². The van der Waals surface area contributed by atoms with Crippen LogP contribution < -0.4 is 0 Å². The molecular formula is C53H34O. The van der Waals surface area contributed by atoms with E-state index in [9.17, 15) is 5.48 Å². The largest absolute Gasteiger partial charge is 0.456 e. The number of hydrogen-bond acceptors (Lipinski definition) is 1. The van der Waals surface area contributed by atoms with Crippen LogP contribution in [-0.2, 0) is 6.42 Å². The molecule has 0 saturated carbocycles. The fraction of sp³-hybridized carbons (Fsp3) is 0.0189. The summed E-state index contributed by atoms with van der Waals surface area (Å²) in [7, 11) is 0. The monoisotopic (exact) mass is 699 g/mol. The topological polar surface area (TPSA) is 13.1 Å². The number of benzene rings is 10. The second-order valence-corrected chi connectivity index (χ2v) is 13.5. The predicted molar refractivity (Wildman–Crippen MR) is 229 cm³/mol. The highest BCUT2D eigenvalue weighted by Gasteiger charge is 2.17. The Morgan fingerprint density at radius 1 is 0.389 bits per heavy atom. The lowest BCUT2D eigenvalue weighted by atomic mass is 9.86. The van der Waals surface area contributed by atoms with Crippen molar-refractivity contribution in [1.29, 1.82) is 0 Å². The van der Waals surface area contributed by atoms with Gasteiger partial charge in [-0.25, -0.2) is 0 Å². The fourth-order valence-electron chi connectivity index (χ4n) is 7.89. The number of furan rings is 1. The molecule has 1 nitrogen and oxygen atoms in total. The van der Waals surface area contributed by atoms with Gasteiger partial charge in [0.05, 0.1) is 17.8 Å². The minimum absolute atomic E-state index is 0.0108. The Morgan fingerprint density at radius 2 is 1.02 bits per heavy atom. The zero-order valence-electron chi connectivity index (χ0n) is 41.6. The second-order valence-electron chi connectivity index (χ2n) is 13.5. The van der Waals surface area contributed by atoms with Gasteiger partial charge >= 0.3 is 0 Å². The summed E-state index contributed by atoms with van der Waals surface area (Å²) in [4.78, 5) is 0. The molecule has 0 aliphatic heterocycles. The lowest BCUT2D eigenvalue weighted by Crippen LogP contribution is -1.95. The summed E-state index contributed by atoms with van der Waals surface area (Å²) in [5, 5.41) is 5.72. The van der Waals surface area contributed by atoms with Gasteiger partial charge in [0.25, 0.3) is 0 Å². The first kappa shape index (κ1) is 20.3. The quantitative estimate of drug-likeness (QED) is 0.163. The van der Waals surface area contributed by atoms with Gasteiger partial charge in [-0.15, -0.1) is 0 Å². The summed E-state index contributed by atoms with van der Waals surface area (Å²) < 4.78 is 120. The molecule has 0 unspecified atom stereocenters. The first-order valence-electron chi connectivity index (χ1n) is 24.1. The molecule has 0 atom stereocenters. The minimum atomic E-state index is -0.616. The SMILES string of the molecule is [2H]c1c([2H])c([2H])c(Cc2c3c([2H])c([2H])c([2H])c([2H])c3c(-c3ccc4cc(-c5ccc6c(c5)oc5ccc(-c7cccc8ccccc78)cc56)ccc4c3)c3c([2H])c([2H])c([2H])c([2H])c23)c([2H])c1[2H]. The highest BCUT2D eigenvalue weighted by Crippen LogP contribution is 2.42. The van der Waals surface area contributed by atoms with Gasteiger partial charge in [-0.05, 0) is 130 Å². The maximum Gasteiger partial charge on any atom is 0.136 e. The summed E-state index contributed by atoms with van der Waals surface area (Å²) in [6, 6.07) is 31.3. The van der Waals surface area contributed by atoms with Gasteiger partial charge in [0, 0.05) is 10.8 Å². The van der Waals surface area contributed by atoms with Crippen LogP contribution >= 0.6 is 0 Å². The molecule has 252 valence electrons. The van der Waals surface area contributed by atoms with E-state index in [2.05, 4.69) is 54.6 Å². The third-order valence-corrected chi connectivity index (χ3v) is 10.4. The van der Waals surface area contributed by atoms with E-state index in [0.29, 0.717) is 5.56 Å². The number of fused-ring (bicyclic) bond motifs is 7. The highest BCUT2D eigenvalue weighted by atomic mass is 16.3. The fourth-order valence-corrected chi connectivity index (χ4v) is 7.89. The van der Waals surface area contributed by atoms with Crippen LogP contribution in [-0.4, -0.2) is 0 Å². The first-order chi connectivity index (χ1) is 32.1. The van der Waals surface area contributed by atoms with Crippen LogP contribution in [0.4, 0.5) is 0 Å². The molecule has 0 amide bonds.